The Morgan fingerprint density at radius 2 is 1.77 bits per heavy atom. The lowest BCUT2D eigenvalue weighted by molar-refractivity contribution is -0.143. The van der Waals surface area contributed by atoms with Crippen molar-refractivity contribution in [3.8, 4) is 0 Å². The van der Waals surface area contributed by atoms with E-state index in [4.69, 9.17) is 4.74 Å². The maximum Gasteiger partial charge on any atom is 0.334 e. The van der Waals surface area contributed by atoms with Crippen LogP contribution in [-0.4, -0.2) is 17.5 Å². The van der Waals surface area contributed by atoms with Gasteiger partial charge in [-0.3, -0.25) is 9.59 Å². The van der Waals surface area contributed by atoms with Crippen molar-refractivity contribution >= 4 is 17.5 Å². The first-order valence-corrected chi connectivity index (χ1v) is 7.58. The topological polar surface area (TPSA) is 60.4 Å². The first kappa shape index (κ1) is 14.7. The zero-order valence-electron chi connectivity index (χ0n) is 12.3. The molecule has 1 fully saturated rings. The van der Waals surface area contributed by atoms with Crippen molar-refractivity contribution in [2.24, 2.45) is 5.41 Å². The zero-order valence-corrected chi connectivity index (χ0v) is 12.3. The third-order valence-electron chi connectivity index (χ3n) is 4.54. The zero-order chi connectivity index (χ0) is 15.6. The van der Waals surface area contributed by atoms with Gasteiger partial charge in [0.05, 0.1) is 5.41 Å². The van der Waals surface area contributed by atoms with E-state index in [0.29, 0.717) is 31.3 Å². The fourth-order valence-corrected chi connectivity index (χ4v) is 3.21. The summed E-state index contributed by atoms with van der Waals surface area (Å²) in [6.07, 6.45) is 3.76. The fraction of sp³-hybridized carbons (Fsp3) is 0.389. The van der Waals surface area contributed by atoms with E-state index in [0.717, 1.165) is 5.56 Å². The van der Waals surface area contributed by atoms with Crippen LogP contribution in [0.15, 0.2) is 42.0 Å². The second-order valence-corrected chi connectivity index (χ2v) is 5.95. The third kappa shape index (κ3) is 2.61. The molecule has 0 N–H and O–H groups in total. The molecule has 114 valence electrons. The normalized spacial score (nSPS) is 20.1. The molecule has 1 saturated carbocycles. The predicted molar refractivity (Wildman–Crippen MR) is 79.9 cm³/mol. The molecule has 0 unspecified atom stereocenters. The molecule has 0 amide bonds. The molecular formula is C18H18O4. The molecule has 0 bridgehead atoms. The number of rotatable bonds is 3. The molecule has 0 atom stereocenters. The maximum atomic E-state index is 12.2. The molecule has 1 aromatic rings. The van der Waals surface area contributed by atoms with E-state index < -0.39 is 11.4 Å². The van der Waals surface area contributed by atoms with Gasteiger partial charge in [-0.2, -0.15) is 0 Å². The Morgan fingerprint density at radius 3 is 2.45 bits per heavy atom. The van der Waals surface area contributed by atoms with Crippen LogP contribution in [-0.2, 0) is 25.7 Å². The second kappa shape index (κ2) is 5.87. The minimum absolute atomic E-state index is 0.0224. The Hall–Kier alpha value is -2.23. The molecular weight excluding hydrogens is 280 g/mol. The van der Waals surface area contributed by atoms with E-state index in [1.54, 1.807) is 6.08 Å². The van der Waals surface area contributed by atoms with Crippen LogP contribution in [0.2, 0.25) is 0 Å². The molecule has 0 saturated heterocycles. The van der Waals surface area contributed by atoms with Crippen LogP contribution < -0.4 is 0 Å². The van der Waals surface area contributed by atoms with Gasteiger partial charge in [0.2, 0.25) is 0 Å². The van der Waals surface area contributed by atoms with Crippen LogP contribution in [0.4, 0.5) is 0 Å². The number of ether oxygens (including phenoxy) is 1. The average molecular weight is 298 g/mol. The summed E-state index contributed by atoms with van der Waals surface area (Å²) in [5, 5.41) is 0. The Bertz CT molecular complexity index is 626. The molecule has 3 rings (SSSR count). The lowest BCUT2D eigenvalue weighted by Crippen LogP contribution is -2.40. The molecule has 22 heavy (non-hydrogen) atoms. The van der Waals surface area contributed by atoms with Crippen LogP contribution in [0.25, 0.3) is 0 Å². The van der Waals surface area contributed by atoms with Crippen molar-refractivity contribution in [3.63, 3.8) is 0 Å². The van der Waals surface area contributed by atoms with Gasteiger partial charge in [-0.1, -0.05) is 36.4 Å². The molecule has 2 aliphatic carbocycles. The summed E-state index contributed by atoms with van der Waals surface area (Å²) in [5.41, 5.74) is 0.396. The molecule has 0 aliphatic heterocycles. The molecule has 1 aromatic carbocycles. The first-order valence-electron chi connectivity index (χ1n) is 7.58. The molecule has 4 heteroatoms. The van der Waals surface area contributed by atoms with Crippen molar-refractivity contribution in [1.29, 1.82) is 0 Å². The number of benzene rings is 1. The Balaban J connectivity index is 1.63. The minimum atomic E-state index is -0.973. The lowest BCUT2D eigenvalue weighted by atomic mass is 9.70. The van der Waals surface area contributed by atoms with Crippen LogP contribution >= 0.6 is 0 Å². The maximum absolute atomic E-state index is 12.2. The van der Waals surface area contributed by atoms with Crippen molar-refractivity contribution < 1.29 is 19.1 Å². The molecule has 0 heterocycles. The van der Waals surface area contributed by atoms with Gasteiger partial charge in [-0.25, -0.2) is 4.79 Å². The Kier molecular flexibility index (Phi) is 3.92. The average Bonchev–Trinajstić information content (AvgIpc) is 2.98. The van der Waals surface area contributed by atoms with Crippen molar-refractivity contribution in [2.45, 2.75) is 38.7 Å². The minimum Gasteiger partial charge on any atom is -0.457 e. The summed E-state index contributed by atoms with van der Waals surface area (Å²) in [6.45, 7) is 0.200. The van der Waals surface area contributed by atoms with Crippen molar-refractivity contribution in [3.05, 3.63) is 47.5 Å². The lowest BCUT2D eigenvalue weighted by Gasteiger charge is -2.30. The summed E-state index contributed by atoms with van der Waals surface area (Å²) in [6, 6.07) is 9.42. The van der Waals surface area contributed by atoms with E-state index >= 15 is 0 Å². The third-order valence-corrected chi connectivity index (χ3v) is 4.54. The molecule has 2 aliphatic rings. The van der Waals surface area contributed by atoms with Gasteiger partial charge in [-0.05, 0) is 24.8 Å². The standard InChI is InChI=1S/C18H18O4/c19-15-7-4-8-16(20)18(15)10-9-14(11-18)17(21)22-12-13-5-2-1-3-6-13/h1-3,5-6,9H,4,7-8,10-12H2. The SMILES string of the molecule is O=C(OCc1ccccc1)C1=CCC2(C1)C(=O)CCCC2=O. The quantitative estimate of drug-likeness (QED) is 0.636. The van der Waals surface area contributed by atoms with Gasteiger partial charge < -0.3 is 4.74 Å². The summed E-state index contributed by atoms with van der Waals surface area (Å²) in [5.74, 6) is -0.469. The molecule has 0 radical (unpaired) electrons. The van der Waals surface area contributed by atoms with E-state index in [-0.39, 0.29) is 24.6 Å². The highest BCUT2D eigenvalue weighted by Crippen LogP contribution is 2.44. The van der Waals surface area contributed by atoms with Crippen molar-refractivity contribution in [1.82, 2.24) is 0 Å². The number of hydrogen-bond acceptors (Lipinski definition) is 4. The smallest absolute Gasteiger partial charge is 0.334 e. The largest absolute Gasteiger partial charge is 0.457 e. The van der Waals surface area contributed by atoms with Crippen molar-refractivity contribution in [2.75, 3.05) is 0 Å². The van der Waals surface area contributed by atoms with Gasteiger partial charge in [0.1, 0.15) is 18.2 Å². The van der Waals surface area contributed by atoms with Crippen LogP contribution in [0.5, 0.6) is 0 Å². The van der Waals surface area contributed by atoms with E-state index in [1.807, 2.05) is 30.3 Å². The van der Waals surface area contributed by atoms with E-state index in [2.05, 4.69) is 0 Å². The first-order chi connectivity index (χ1) is 10.6. The molecule has 4 nitrogen and oxygen atoms in total. The fourth-order valence-electron chi connectivity index (χ4n) is 3.21. The molecule has 0 aromatic heterocycles. The number of ketones is 2. The monoisotopic (exact) mass is 298 g/mol. The van der Waals surface area contributed by atoms with E-state index in [1.165, 1.54) is 0 Å². The van der Waals surface area contributed by atoms with Gasteiger partial charge in [0.25, 0.3) is 0 Å². The molecule has 1 spiro atoms. The number of Topliss-reactive ketones (excluding diaryl/α,β-unsaturated/α-hetero) is 2. The van der Waals surface area contributed by atoms with Gasteiger partial charge in [0, 0.05) is 18.4 Å². The van der Waals surface area contributed by atoms with Crippen LogP contribution in [0.1, 0.15) is 37.7 Å². The summed E-state index contributed by atoms with van der Waals surface area (Å²) < 4.78 is 5.29. The predicted octanol–water partition coefficient (Wildman–Crippen LogP) is 2.76. The summed E-state index contributed by atoms with van der Waals surface area (Å²) >= 11 is 0. The van der Waals surface area contributed by atoms with Gasteiger partial charge in [-0.15, -0.1) is 0 Å². The Morgan fingerprint density at radius 1 is 1.09 bits per heavy atom. The number of carbonyl (C=O) groups excluding carboxylic acids is 3. The number of carbonyl (C=O) groups is 3. The highest BCUT2D eigenvalue weighted by molar-refractivity contribution is 6.11. The van der Waals surface area contributed by atoms with Gasteiger partial charge in [0.15, 0.2) is 0 Å². The number of allylic oxidation sites excluding steroid dienone is 1. The highest BCUT2D eigenvalue weighted by atomic mass is 16.5. The Labute approximate surface area is 129 Å². The van der Waals surface area contributed by atoms with Crippen LogP contribution in [0, 0.1) is 5.41 Å². The van der Waals surface area contributed by atoms with Gasteiger partial charge >= 0.3 is 5.97 Å². The summed E-state index contributed by atoms with van der Waals surface area (Å²) in [4.78, 5) is 36.5. The van der Waals surface area contributed by atoms with E-state index in [9.17, 15) is 14.4 Å². The number of esters is 1. The van der Waals surface area contributed by atoms with Crippen LogP contribution in [0.3, 0.4) is 0 Å². The highest BCUT2D eigenvalue weighted by Gasteiger charge is 2.50. The second-order valence-electron chi connectivity index (χ2n) is 5.95. The number of hydrogen-bond donors (Lipinski definition) is 0. The summed E-state index contributed by atoms with van der Waals surface area (Å²) in [7, 11) is 0.